The molecule has 0 atom stereocenters. The largest absolute Gasteiger partial charge is 0.193 e. The summed E-state index contributed by atoms with van der Waals surface area (Å²) in [5.74, 6) is 0. The van der Waals surface area contributed by atoms with Crippen LogP contribution in [0, 0.1) is 11.3 Å². The van der Waals surface area contributed by atoms with Gasteiger partial charge in [0.25, 0.3) is 0 Å². The molecule has 0 aliphatic rings. The molecule has 0 amide bonds. The minimum Gasteiger partial charge on any atom is -0.193 e. The number of nitrogens with zero attached hydrogens (tertiary/aromatic N) is 1. The molecular formula is C9H6BrNS. The molecule has 60 valence electrons. The molecule has 0 saturated carbocycles. The molecule has 0 N–H and O–H groups in total. The van der Waals surface area contributed by atoms with Crippen LogP contribution < -0.4 is 0 Å². The van der Waals surface area contributed by atoms with Crippen LogP contribution in [0.3, 0.4) is 0 Å². The van der Waals surface area contributed by atoms with Crippen LogP contribution in [0.15, 0.2) is 45.1 Å². The number of nitriles is 1. The number of halogens is 1. The lowest BCUT2D eigenvalue weighted by atomic mass is 10.4. The molecule has 1 rings (SSSR count). The molecule has 1 nitrogen and oxygen atoms in total. The zero-order chi connectivity index (χ0) is 8.81. The second kappa shape index (κ2) is 5.02. The molecule has 0 aliphatic carbocycles. The Morgan fingerprint density at radius 2 is 2.00 bits per heavy atom. The molecule has 0 radical (unpaired) electrons. The quantitative estimate of drug-likeness (QED) is 0.582. The van der Waals surface area contributed by atoms with E-state index in [0.29, 0.717) is 0 Å². The highest BCUT2D eigenvalue weighted by Gasteiger charge is 1.89. The monoisotopic (exact) mass is 239 g/mol. The van der Waals surface area contributed by atoms with E-state index in [9.17, 15) is 0 Å². The first-order chi connectivity index (χ1) is 5.83. The summed E-state index contributed by atoms with van der Waals surface area (Å²) in [5, 5.41) is 10.00. The lowest BCUT2D eigenvalue weighted by Crippen LogP contribution is -1.66. The van der Waals surface area contributed by atoms with Gasteiger partial charge in [0.2, 0.25) is 0 Å². The van der Waals surface area contributed by atoms with Crippen molar-refractivity contribution in [2.24, 2.45) is 0 Å². The Balaban J connectivity index is 2.60. The average molecular weight is 240 g/mol. The molecule has 1 aromatic carbocycles. The molecule has 3 heteroatoms. The lowest BCUT2D eigenvalue weighted by molar-refractivity contribution is 1.45. The van der Waals surface area contributed by atoms with Crippen molar-refractivity contribution in [3.8, 4) is 6.07 Å². The van der Waals surface area contributed by atoms with Gasteiger partial charge in [0.05, 0.1) is 6.07 Å². The maximum Gasteiger partial charge on any atom is 0.0917 e. The SMILES string of the molecule is N#CC=CSc1ccc(Br)cc1. The number of hydrogen-bond donors (Lipinski definition) is 0. The van der Waals surface area contributed by atoms with Crippen molar-refractivity contribution >= 4 is 27.7 Å². The van der Waals surface area contributed by atoms with Crippen molar-refractivity contribution in [1.29, 1.82) is 5.26 Å². The second-order valence-electron chi connectivity index (χ2n) is 2.00. The van der Waals surface area contributed by atoms with Gasteiger partial charge >= 0.3 is 0 Å². The Morgan fingerprint density at radius 1 is 1.33 bits per heavy atom. The Labute approximate surface area is 84.2 Å². The minimum absolute atomic E-state index is 1.07. The Kier molecular flexibility index (Phi) is 3.92. The maximum atomic E-state index is 8.23. The van der Waals surface area contributed by atoms with E-state index in [-0.39, 0.29) is 0 Å². The van der Waals surface area contributed by atoms with Gasteiger partial charge in [-0.3, -0.25) is 0 Å². The van der Waals surface area contributed by atoms with E-state index in [1.165, 1.54) is 17.8 Å². The van der Waals surface area contributed by atoms with E-state index in [2.05, 4.69) is 15.9 Å². The number of allylic oxidation sites excluding steroid dienone is 1. The third-order valence-corrected chi connectivity index (χ3v) is 2.51. The van der Waals surface area contributed by atoms with Crippen LogP contribution in [0.25, 0.3) is 0 Å². The van der Waals surface area contributed by atoms with Crippen molar-refractivity contribution < 1.29 is 0 Å². The highest BCUT2D eigenvalue weighted by molar-refractivity contribution is 9.10. The van der Waals surface area contributed by atoms with Gasteiger partial charge in [-0.05, 0) is 29.7 Å². The standard InChI is InChI=1S/C9H6BrNS/c10-8-2-4-9(5-3-8)12-7-1-6-11/h1-5,7H. The van der Waals surface area contributed by atoms with Crippen LogP contribution in [0.5, 0.6) is 0 Å². The van der Waals surface area contributed by atoms with E-state index < -0.39 is 0 Å². The van der Waals surface area contributed by atoms with Crippen molar-refractivity contribution in [3.05, 3.63) is 40.2 Å². The lowest BCUT2D eigenvalue weighted by Gasteiger charge is -1.94. The van der Waals surface area contributed by atoms with Crippen LogP contribution in [0.1, 0.15) is 0 Å². The van der Waals surface area contributed by atoms with Crippen molar-refractivity contribution in [2.45, 2.75) is 4.90 Å². The summed E-state index contributed by atoms with van der Waals surface area (Å²) in [5.41, 5.74) is 0. The summed E-state index contributed by atoms with van der Waals surface area (Å²) < 4.78 is 1.07. The molecule has 0 unspecified atom stereocenters. The number of rotatable bonds is 2. The van der Waals surface area contributed by atoms with Gasteiger partial charge in [-0.25, -0.2) is 0 Å². The van der Waals surface area contributed by atoms with Gasteiger partial charge in [-0.15, -0.1) is 0 Å². The van der Waals surface area contributed by atoms with Gasteiger partial charge in [-0.1, -0.05) is 27.7 Å². The maximum absolute atomic E-state index is 8.23. The molecule has 12 heavy (non-hydrogen) atoms. The molecule has 0 fully saturated rings. The zero-order valence-corrected chi connectivity index (χ0v) is 8.60. The molecule has 0 aromatic heterocycles. The molecule has 0 saturated heterocycles. The first-order valence-corrected chi connectivity index (χ1v) is 4.97. The Bertz CT molecular complexity index is 310. The Hall–Kier alpha value is -0.720. The van der Waals surface area contributed by atoms with Crippen LogP contribution in [0.2, 0.25) is 0 Å². The minimum atomic E-state index is 1.07. The molecule has 0 heterocycles. The van der Waals surface area contributed by atoms with E-state index in [0.717, 1.165) is 9.37 Å². The molecule has 0 spiro atoms. The summed E-state index contributed by atoms with van der Waals surface area (Å²) in [4.78, 5) is 1.13. The summed E-state index contributed by atoms with van der Waals surface area (Å²) in [6.07, 6.45) is 1.46. The fraction of sp³-hybridized carbons (Fsp3) is 0. The number of benzene rings is 1. The topological polar surface area (TPSA) is 23.8 Å². The smallest absolute Gasteiger partial charge is 0.0917 e. The van der Waals surface area contributed by atoms with Gasteiger partial charge in [-0.2, -0.15) is 5.26 Å². The number of hydrogen-bond acceptors (Lipinski definition) is 2. The van der Waals surface area contributed by atoms with E-state index in [1.807, 2.05) is 30.3 Å². The number of thioether (sulfide) groups is 1. The van der Waals surface area contributed by atoms with Crippen molar-refractivity contribution in [3.63, 3.8) is 0 Å². The van der Waals surface area contributed by atoms with E-state index in [1.54, 1.807) is 5.41 Å². The van der Waals surface area contributed by atoms with Crippen LogP contribution in [-0.2, 0) is 0 Å². The van der Waals surface area contributed by atoms with Crippen LogP contribution >= 0.6 is 27.7 Å². The van der Waals surface area contributed by atoms with Crippen molar-refractivity contribution in [2.75, 3.05) is 0 Å². The third kappa shape index (κ3) is 3.12. The van der Waals surface area contributed by atoms with Gasteiger partial charge < -0.3 is 0 Å². The molecule has 1 aromatic rings. The van der Waals surface area contributed by atoms with Gasteiger partial charge in [0.15, 0.2) is 0 Å². The third-order valence-electron chi connectivity index (χ3n) is 1.16. The predicted molar refractivity (Wildman–Crippen MR) is 54.8 cm³/mol. The summed E-state index contributed by atoms with van der Waals surface area (Å²) in [7, 11) is 0. The zero-order valence-electron chi connectivity index (χ0n) is 6.20. The van der Waals surface area contributed by atoms with Crippen molar-refractivity contribution in [1.82, 2.24) is 0 Å². The predicted octanol–water partition coefficient (Wildman–Crippen LogP) is 3.58. The van der Waals surface area contributed by atoms with Gasteiger partial charge in [0, 0.05) is 15.4 Å². The van der Waals surface area contributed by atoms with E-state index >= 15 is 0 Å². The normalized spacial score (nSPS) is 10.0. The summed E-state index contributed by atoms with van der Waals surface area (Å²) >= 11 is 4.88. The highest BCUT2D eigenvalue weighted by Crippen LogP contribution is 2.20. The van der Waals surface area contributed by atoms with Crippen LogP contribution in [0.4, 0.5) is 0 Å². The fourth-order valence-electron chi connectivity index (χ4n) is 0.656. The van der Waals surface area contributed by atoms with E-state index in [4.69, 9.17) is 5.26 Å². The summed E-state index contributed by atoms with van der Waals surface area (Å²) in [6.45, 7) is 0. The van der Waals surface area contributed by atoms with Gasteiger partial charge in [0.1, 0.15) is 0 Å². The molecule has 0 aliphatic heterocycles. The highest BCUT2D eigenvalue weighted by atomic mass is 79.9. The summed E-state index contributed by atoms with van der Waals surface area (Å²) in [6, 6.07) is 9.88. The molecule has 0 bridgehead atoms. The Morgan fingerprint density at radius 3 is 2.58 bits per heavy atom. The molecular weight excluding hydrogens is 234 g/mol. The average Bonchev–Trinajstić information content (AvgIpc) is 2.09. The first-order valence-electron chi connectivity index (χ1n) is 3.30. The second-order valence-corrected chi connectivity index (χ2v) is 3.90. The van der Waals surface area contributed by atoms with Crippen LogP contribution in [-0.4, -0.2) is 0 Å². The first kappa shape index (κ1) is 9.37. The fourth-order valence-corrected chi connectivity index (χ4v) is 1.50.